The quantitative estimate of drug-likeness (QED) is 0.376. The molecule has 1 fully saturated rings. The number of hydrogen-bond acceptors (Lipinski definition) is 9. The molecule has 2 rings (SSSR count). The minimum Gasteiger partial charge on any atom is -0.468 e. The van der Waals surface area contributed by atoms with Gasteiger partial charge in [0.1, 0.15) is 0 Å². The van der Waals surface area contributed by atoms with E-state index in [0.717, 1.165) is 0 Å². The molecule has 146 valence electrons. The lowest BCUT2D eigenvalue weighted by Gasteiger charge is -2.31. The molecule has 0 aromatic carbocycles. The van der Waals surface area contributed by atoms with Gasteiger partial charge in [0, 0.05) is 33.1 Å². The summed E-state index contributed by atoms with van der Waals surface area (Å²) in [4.78, 5) is 23.5. The van der Waals surface area contributed by atoms with E-state index in [4.69, 9.17) is 0 Å². The van der Waals surface area contributed by atoms with Gasteiger partial charge in [0.25, 0.3) is 10.2 Å². The molecule has 0 bridgehead atoms. The number of thioether (sulfide) groups is 1. The SMILES string of the molecule is COC(=O)CSc1nnc(NC(=O)C2CCN(S(=O)(=O)N(C)C)CC2)s1. The van der Waals surface area contributed by atoms with Crippen LogP contribution >= 0.6 is 23.1 Å². The predicted molar refractivity (Wildman–Crippen MR) is 98.2 cm³/mol. The van der Waals surface area contributed by atoms with Gasteiger partial charge in [0.15, 0.2) is 4.34 Å². The molecule has 0 atom stereocenters. The summed E-state index contributed by atoms with van der Waals surface area (Å²) in [6.45, 7) is 0.601. The summed E-state index contributed by atoms with van der Waals surface area (Å²) >= 11 is 2.36. The fourth-order valence-corrected chi connectivity index (χ4v) is 5.01. The fraction of sp³-hybridized carbons (Fsp3) is 0.692. The monoisotopic (exact) mass is 423 g/mol. The van der Waals surface area contributed by atoms with Crippen molar-refractivity contribution in [1.29, 1.82) is 0 Å². The van der Waals surface area contributed by atoms with Gasteiger partial charge in [-0.25, -0.2) is 0 Å². The van der Waals surface area contributed by atoms with E-state index in [9.17, 15) is 18.0 Å². The Kier molecular flexibility index (Phi) is 7.34. The van der Waals surface area contributed by atoms with E-state index >= 15 is 0 Å². The third-order valence-electron chi connectivity index (χ3n) is 3.79. The molecular formula is C13H21N5O5S3. The minimum atomic E-state index is -3.45. The van der Waals surface area contributed by atoms with Gasteiger partial charge in [-0.1, -0.05) is 23.1 Å². The van der Waals surface area contributed by atoms with Crippen LogP contribution in [0.1, 0.15) is 12.8 Å². The maximum absolute atomic E-state index is 12.3. The summed E-state index contributed by atoms with van der Waals surface area (Å²) in [5.74, 6) is -0.723. The Morgan fingerprint density at radius 2 is 2.00 bits per heavy atom. The van der Waals surface area contributed by atoms with Crippen molar-refractivity contribution in [3.63, 3.8) is 0 Å². The molecular weight excluding hydrogens is 402 g/mol. The van der Waals surface area contributed by atoms with Crippen LogP contribution in [0.25, 0.3) is 0 Å². The lowest BCUT2D eigenvalue weighted by molar-refractivity contribution is -0.137. The minimum absolute atomic E-state index is 0.123. The van der Waals surface area contributed by atoms with Gasteiger partial charge in [0.05, 0.1) is 12.9 Å². The van der Waals surface area contributed by atoms with E-state index in [1.807, 2.05) is 0 Å². The number of piperidine rings is 1. The Labute approximate surface area is 160 Å². The number of carbonyl (C=O) groups excluding carboxylic acids is 2. The number of nitrogens with zero attached hydrogens (tertiary/aromatic N) is 4. The van der Waals surface area contributed by atoms with Crippen molar-refractivity contribution in [3.05, 3.63) is 0 Å². The number of aromatic nitrogens is 2. The maximum Gasteiger partial charge on any atom is 0.316 e. The average molecular weight is 424 g/mol. The lowest BCUT2D eigenvalue weighted by atomic mass is 9.97. The van der Waals surface area contributed by atoms with Crippen LogP contribution in [0.3, 0.4) is 0 Å². The van der Waals surface area contributed by atoms with E-state index in [1.165, 1.54) is 52.9 Å². The molecule has 0 unspecified atom stereocenters. The predicted octanol–water partition coefficient (Wildman–Crippen LogP) is 0.260. The van der Waals surface area contributed by atoms with Crippen LogP contribution in [0.15, 0.2) is 4.34 Å². The van der Waals surface area contributed by atoms with Gasteiger partial charge in [-0.05, 0) is 12.8 Å². The Bertz CT molecular complexity index is 743. The van der Waals surface area contributed by atoms with Crippen LogP contribution in [0.5, 0.6) is 0 Å². The highest BCUT2D eigenvalue weighted by Crippen LogP contribution is 2.27. The van der Waals surface area contributed by atoms with Crippen LogP contribution < -0.4 is 5.32 Å². The summed E-state index contributed by atoms with van der Waals surface area (Å²) in [7, 11) is 0.834. The topological polar surface area (TPSA) is 122 Å². The van der Waals surface area contributed by atoms with Crippen molar-refractivity contribution >= 4 is 50.3 Å². The highest BCUT2D eigenvalue weighted by molar-refractivity contribution is 8.01. The van der Waals surface area contributed by atoms with Crippen molar-refractivity contribution in [2.75, 3.05) is 45.4 Å². The molecule has 1 aromatic rings. The number of carbonyl (C=O) groups is 2. The lowest BCUT2D eigenvalue weighted by Crippen LogP contribution is -2.46. The zero-order chi connectivity index (χ0) is 19.3. The number of anilines is 1. The summed E-state index contributed by atoms with van der Waals surface area (Å²) < 4.78 is 31.8. The zero-order valence-corrected chi connectivity index (χ0v) is 17.1. The molecule has 0 radical (unpaired) electrons. The molecule has 0 aliphatic carbocycles. The van der Waals surface area contributed by atoms with Gasteiger partial charge in [0.2, 0.25) is 11.0 Å². The highest BCUT2D eigenvalue weighted by Gasteiger charge is 2.32. The van der Waals surface area contributed by atoms with E-state index < -0.39 is 10.2 Å². The van der Waals surface area contributed by atoms with Crippen molar-refractivity contribution < 1.29 is 22.7 Å². The summed E-state index contributed by atoms with van der Waals surface area (Å²) in [5.41, 5.74) is 0. The van der Waals surface area contributed by atoms with E-state index in [0.29, 0.717) is 35.4 Å². The second-order valence-corrected chi connectivity index (χ2v) is 10.0. The van der Waals surface area contributed by atoms with Crippen LogP contribution in [0.4, 0.5) is 5.13 Å². The molecule has 13 heteroatoms. The van der Waals surface area contributed by atoms with Gasteiger partial charge in [-0.2, -0.15) is 17.0 Å². The largest absolute Gasteiger partial charge is 0.468 e. The van der Waals surface area contributed by atoms with Gasteiger partial charge in [-0.15, -0.1) is 10.2 Å². The molecule has 2 heterocycles. The van der Waals surface area contributed by atoms with E-state index in [-0.39, 0.29) is 23.5 Å². The van der Waals surface area contributed by atoms with Gasteiger partial charge >= 0.3 is 5.97 Å². The fourth-order valence-electron chi connectivity index (χ4n) is 2.29. The molecule has 0 spiro atoms. The molecule has 1 N–H and O–H groups in total. The van der Waals surface area contributed by atoms with Gasteiger partial charge in [-0.3, -0.25) is 9.59 Å². The number of ether oxygens (including phenoxy) is 1. The number of methoxy groups -OCH3 is 1. The molecule has 0 saturated carbocycles. The third kappa shape index (κ3) is 5.36. The van der Waals surface area contributed by atoms with Crippen molar-refractivity contribution in [2.45, 2.75) is 17.2 Å². The summed E-state index contributed by atoms with van der Waals surface area (Å²) in [6, 6.07) is 0. The number of amides is 1. The third-order valence-corrected chi connectivity index (χ3v) is 7.68. The molecule has 1 saturated heterocycles. The highest BCUT2D eigenvalue weighted by atomic mass is 32.2. The number of nitrogens with one attached hydrogen (secondary N) is 1. The smallest absolute Gasteiger partial charge is 0.316 e. The van der Waals surface area contributed by atoms with Gasteiger partial charge < -0.3 is 10.1 Å². The summed E-state index contributed by atoms with van der Waals surface area (Å²) in [6.07, 6.45) is 0.892. The Morgan fingerprint density at radius 3 is 2.58 bits per heavy atom. The van der Waals surface area contributed by atoms with E-state index in [1.54, 1.807) is 0 Å². The van der Waals surface area contributed by atoms with E-state index in [2.05, 4.69) is 20.3 Å². The van der Waals surface area contributed by atoms with Crippen LogP contribution in [0, 0.1) is 5.92 Å². The molecule has 26 heavy (non-hydrogen) atoms. The molecule has 1 aromatic heterocycles. The number of hydrogen-bond donors (Lipinski definition) is 1. The Hall–Kier alpha value is -1.28. The van der Waals surface area contributed by atoms with Crippen molar-refractivity contribution in [1.82, 2.24) is 18.8 Å². The standard InChI is InChI=1S/C13H21N5O5S3/c1-17(2)26(21,22)18-6-4-9(5-7-18)11(20)14-12-15-16-13(25-12)24-8-10(19)23-3/h9H,4-8H2,1-3H3,(H,14,15,20). The molecule has 1 aliphatic heterocycles. The molecule has 1 amide bonds. The average Bonchev–Trinajstić information content (AvgIpc) is 3.06. The van der Waals surface area contributed by atoms with Crippen LogP contribution in [-0.2, 0) is 24.5 Å². The molecule has 1 aliphatic rings. The Balaban J connectivity index is 1.84. The number of esters is 1. The zero-order valence-electron chi connectivity index (χ0n) is 14.7. The van der Waals surface area contributed by atoms with Crippen molar-refractivity contribution in [3.8, 4) is 0 Å². The second kappa shape index (κ2) is 9.08. The first-order valence-electron chi connectivity index (χ1n) is 7.75. The Morgan fingerprint density at radius 1 is 1.35 bits per heavy atom. The van der Waals surface area contributed by atoms with Crippen LogP contribution in [-0.4, -0.2) is 79.1 Å². The van der Waals surface area contributed by atoms with Crippen molar-refractivity contribution in [2.24, 2.45) is 5.92 Å². The second-order valence-electron chi connectivity index (χ2n) is 5.69. The molecule has 10 nitrogen and oxygen atoms in total. The van der Waals surface area contributed by atoms with Crippen LogP contribution in [0.2, 0.25) is 0 Å². The first kappa shape index (κ1) is 21.0. The first-order valence-corrected chi connectivity index (χ1v) is 11.0. The maximum atomic E-state index is 12.3. The number of rotatable bonds is 7. The normalized spacial score (nSPS) is 16.6. The summed E-state index contributed by atoms with van der Waals surface area (Å²) in [5, 5.41) is 10.8. The first-order chi connectivity index (χ1) is 12.2.